The molecule has 1 heterocycles. The van der Waals surface area contributed by atoms with Crippen LogP contribution >= 0.6 is 0 Å². The number of aromatic nitrogens is 1. The Balaban J connectivity index is 2.09. The molecule has 0 bridgehead atoms. The molecule has 0 N–H and O–H groups in total. The van der Waals surface area contributed by atoms with Gasteiger partial charge in [0.25, 0.3) is 0 Å². The second-order valence-corrected chi connectivity index (χ2v) is 4.22. The van der Waals surface area contributed by atoms with E-state index in [1.54, 1.807) is 12.4 Å². The minimum absolute atomic E-state index is 1.02. The first-order chi connectivity index (χ1) is 8.79. The van der Waals surface area contributed by atoms with Crippen molar-refractivity contribution < 1.29 is 0 Å². The molecular formula is C16H18N2. The first-order valence-corrected chi connectivity index (χ1v) is 6.19. The lowest BCUT2D eigenvalue weighted by Crippen LogP contribution is -2.15. The number of rotatable bonds is 4. The van der Waals surface area contributed by atoms with E-state index in [1.165, 1.54) is 16.8 Å². The molecule has 0 amide bonds. The average Bonchev–Trinajstić information content (AvgIpc) is 2.46. The molecule has 0 atom stereocenters. The fourth-order valence-corrected chi connectivity index (χ4v) is 1.69. The van der Waals surface area contributed by atoms with Gasteiger partial charge >= 0.3 is 0 Å². The van der Waals surface area contributed by atoms with E-state index in [-0.39, 0.29) is 0 Å². The lowest BCUT2D eigenvalue weighted by atomic mass is 10.1. The van der Waals surface area contributed by atoms with Crippen LogP contribution in [0, 0.1) is 0 Å². The van der Waals surface area contributed by atoms with Gasteiger partial charge < -0.3 is 4.90 Å². The van der Waals surface area contributed by atoms with Gasteiger partial charge in [0.2, 0.25) is 0 Å². The molecule has 0 aliphatic heterocycles. The lowest BCUT2D eigenvalue weighted by molar-refractivity contribution is 0.968. The van der Waals surface area contributed by atoms with Crippen molar-refractivity contribution in [1.29, 1.82) is 0 Å². The second-order valence-electron chi connectivity index (χ2n) is 4.22. The van der Waals surface area contributed by atoms with Crippen LogP contribution in [0.25, 0.3) is 12.2 Å². The Hall–Kier alpha value is -2.09. The molecular weight excluding hydrogens is 220 g/mol. The molecule has 92 valence electrons. The van der Waals surface area contributed by atoms with Gasteiger partial charge in [0.05, 0.1) is 0 Å². The van der Waals surface area contributed by atoms with Crippen LogP contribution in [-0.4, -0.2) is 18.6 Å². The van der Waals surface area contributed by atoms with Gasteiger partial charge in [-0.2, -0.15) is 0 Å². The van der Waals surface area contributed by atoms with E-state index in [0.29, 0.717) is 0 Å². The van der Waals surface area contributed by atoms with Crippen molar-refractivity contribution in [2.75, 3.05) is 18.5 Å². The Morgan fingerprint density at radius 2 is 1.50 bits per heavy atom. The summed E-state index contributed by atoms with van der Waals surface area (Å²) in [4.78, 5) is 6.22. The van der Waals surface area contributed by atoms with Gasteiger partial charge in [-0.1, -0.05) is 24.3 Å². The van der Waals surface area contributed by atoms with Crippen molar-refractivity contribution >= 4 is 17.8 Å². The summed E-state index contributed by atoms with van der Waals surface area (Å²) in [7, 11) is 2.10. The summed E-state index contributed by atoms with van der Waals surface area (Å²) in [6.07, 6.45) is 7.82. The average molecular weight is 238 g/mol. The first-order valence-electron chi connectivity index (χ1n) is 6.19. The summed E-state index contributed by atoms with van der Waals surface area (Å²) in [5.74, 6) is 0. The van der Waals surface area contributed by atoms with Gasteiger partial charge in [0, 0.05) is 31.7 Å². The predicted molar refractivity (Wildman–Crippen MR) is 78.6 cm³/mol. The Morgan fingerprint density at radius 1 is 0.944 bits per heavy atom. The molecule has 0 aliphatic rings. The predicted octanol–water partition coefficient (Wildman–Crippen LogP) is 3.71. The van der Waals surface area contributed by atoms with Gasteiger partial charge in [0.1, 0.15) is 0 Å². The first kappa shape index (κ1) is 12.4. The van der Waals surface area contributed by atoms with Crippen molar-refractivity contribution in [2.24, 2.45) is 0 Å². The highest BCUT2D eigenvalue weighted by Crippen LogP contribution is 2.15. The molecule has 0 fully saturated rings. The van der Waals surface area contributed by atoms with Crippen LogP contribution in [0.15, 0.2) is 48.8 Å². The van der Waals surface area contributed by atoms with Gasteiger partial charge in [-0.3, -0.25) is 4.98 Å². The fraction of sp³-hybridized carbons (Fsp3) is 0.188. The summed E-state index contributed by atoms with van der Waals surface area (Å²) in [5, 5.41) is 0. The van der Waals surface area contributed by atoms with Gasteiger partial charge in [0.15, 0.2) is 0 Å². The van der Waals surface area contributed by atoms with Crippen molar-refractivity contribution in [1.82, 2.24) is 4.98 Å². The summed E-state index contributed by atoms with van der Waals surface area (Å²) < 4.78 is 0. The molecule has 0 saturated heterocycles. The van der Waals surface area contributed by atoms with Crippen molar-refractivity contribution in [3.05, 3.63) is 59.9 Å². The number of hydrogen-bond acceptors (Lipinski definition) is 2. The SMILES string of the molecule is CCN(C)c1ccc(/C=C/c2ccncc2)cc1. The molecule has 2 nitrogen and oxygen atoms in total. The maximum Gasteiger partial charge on any atom is 0.0363 e. The van der Waals surface area contributed by atoms with Crippen LogP contribution < -0.4 is 4.90 Å². The molecule has 0 aliphatic carbocycles. The third-order valence-electron chi connectivity index (χ3n) is 2.98. The maximum absolute atomic E-state index is 4.00. The van der Waals surface area contributed by atoms with Gasteiger partial charge in [-0.05, 0) is 42.3 Å². The molecule has 0 radical (unpaired) electrons. The summed E-state index contributed by atoms with van der Waals surface area (Å²) in [5.41, 5.74) is 3.62. The lowest BCUT2D eigenvalue weighted by Gasteiger charge is -2.16. The van der Waals surface area contributed by atoms with E-state index in [2.05, 4.69) is 60.3 Å². The Morgan fingerprint density at radius 3 is 2.06 bits per heavy atom. The molecule has 0 spiro atoms. The van der Waals surface area contributed by atoms with E-state index in [4.69, 9.17) is 0 Å². The molecule has 0 saturated carbocycles. The Labute approximate surface area is 109 Å². The molecule has 2 heteroatoms. The smallest absolute Gasteiger partial charge is 0.0363 e. The molecule has 1 aromatic heterocycles. The third-order valence-corrected chi connectivity index (χ3v) is 2.98. The molecule has 18 heavy (non-hydrogen) atoms. The summed E-state index contributed by atoms with van der Waals surface area (Å²) in [6.45, 7) is 3.17. The van der Waals surface area contributed by atoms with E-state index in [1.807, 2.05) is 12.1 Å². The highest BCUT2D eigenvalue weighted by Gasteiger charge is 1.96. The topological polar surface area (TPSA) is 16.1 Å². The number of anilines is 1. The minimum atomic E-state index is 1.02. The van der Waals surface area contributed by atoms with E-state index in [9.17, 15) is 0 Å². The van der Waals surface area contributed by atoms with Crippen LogP contribution in [0.5, 0.6) is 0 Å². The van der Waals surface area contributed by atoms with Crippen LogP contribution in [0.4, 0.5) is 5.69 Å². The molecule has 1 aromatic carbocycles. The standard InChI is InChI=1S/C16H18N2/c1-3-18(2)16-8-6-14(7-9-16)4-5-15-10-12-17-13-11-15/h4-13H,3H2,1-2H3/b5-4+. The minimum Gasteiger partial charge on any atom is -0.375 e. The van der Waals surface area contributed by atoms with Crippen molar-refractivity contribution in [2.45, 2.75) is 6.92 Å². The van der Waals surface area contributed by atoms with E-state index < -0.39 is 0 Å². The van der Waals surface area contributed by atoms with Gasteiger partial charge in [-0.15, -0.1) is 0 Å². The monoisotopic (exact) mass is 238 g/mol. The van der Waals surface area contributed by atoms with E-state index >= 15 is 0 Å². The molecule has 0 unspecified atom stereocenters. The third kappa shape index (κ3) is 3.20. The van der Waals surface area contributed by atoms with Crippen LogP contribution in [-0.2, 0) is 0 Å². The molecule has 2 rings (SSSR count). The number of pyridine rings is 1. The van der Waals surface area contributed by atoms with Crippen LogP contribution in [0.2, 0.25) is 0 Å². The zero-order valence-electron chi connectivity index (χ0n) is 10.9. The zero-order valence-corrected chi connectivity index (χ0v) is 10.9. The summed E-state index contributed by atoms with van der Waals surface area (Å²) in [6, 6.07) is 12.6. The largest absolute Gasteiger partial charge is 0.375 e. The molecule has 2 aromatic rings. The van der Waals surface area contributed by atoms with Crippen molar-refractivity contribution in [3.8, 4) is 0 Å². The zero-order chi connectivity index (χ0) is 12.8. The normalized spacial score (nSPS) is 10.8. The van der Waals surface area contributed by atoms with Gasteiger partial charge in [-0.25, -0.2) is 0 Å². The fourth-order valence-electron chi connectivity index (χ4n) is 1.69. The van der Waals surface area contributed by atoms with Crippen LogP contribution in [0.1, 0.15) is 18.1 Å². The summed E-state index contributed by atoms with van der Waals surface area (Å²) >= 11 is 0. The Bertz CT molecular complexity index is 500. The van der Waals surface area contributed by atoms with Crippen LogP contribution in [0.3, 0.4) is 0 Å². The number of benzene rings is 1. The Kier molecular flexibility index (Phi) is 4.13. The van der Waals surface area contributed by atoms with Crippen molar-refractivity contribution in [3.63, 3.8) is 0 Å². The quantitative estimate of drug-likeness (QED) is 0.807. The highest BCUT2D eigenvalue weighted by molar-refractivity contribution is 5.70. The van der Waals surface area contributed by atoms with E-state index in [0.717, 1.165) is 6.54 Å². The number of nitrogens with zero attached hydrogens (tertiary/aromatic N) is 2. The highest BCUT2D eigenvalue weighted by atomic mass is 15.1. The maximum atomic E-state index is 4.00. The second kappa shape index (κ2) is 6.01. The number of hydrogen-bond donors (Lipinski definition) is 0.